The number of unbranched alkanes of at least 4 members (excludes halogenated alkanes) is 1. The van der Waals surface area contributed by atoms with Gasteiger partial charge in [0.25, 0.3) is 0 Å². The highest BCUT2D eigenvalue weighted by Crippen LogP contribution is 2.32. The number of nitrogens with zero attached hydrogens (tertiary/aromatic N) is 2. The Kier molecular flexibility index (Phi) is 7.89. The van der Waals surface area contributed by atoms with Crippen LogP contribution in [-0.4, -0.2) is 45.5 Å². The van der Waals surface area contributed by atoms with Crippen LogP contribution in [-0.2, 0) is 10.0 Å². The topological polar surface area (TPSA) is 49.9 Å². The Morgan fingerprint density at radius 2 is 1.81 bits per heavy atom. The molecule has 0 aliphatic carbocycles. The quantitative estimate of drug-likeness (QED) is 0.486. The van der Waals surface area contributed by atoms with E-state index >= 15 is 0 Å². The predicted molar refractivity (Wildman–Crippen MR) is 128 cm³/mol. The molecule has 2 aromatic carbocycles. The van der Waals surface area contributed by atoms with E-state index in [1.807, 2.05) is 37.3 Å². The van der Waals surface area contributed by atoms with Crippen LogP contribution in [0.25, 0.3) is 0 Å². The zero-order valence-corrected chi connectivity index (χ0v) is 20.5. The highest BCUT2D eigenvalue weighted by atomic mass is 35.5. The van der Waals surface area contributed by atoms with Crippen molar-refractivity contribution in [1.82, 2.24) is 4.31 Å². The number of rotatable bonds is 8. The maximum atomic E-state index is 13.6. The van der Waals surface area contributed by atoms with Crippen LogP contribution in [0.15, 0.2) is 41.3 Å². The Labute approximate surface area is 192 Å². The molecule has 0 N–H and O–H groups in total. The first-order valence-electron chi connectivity index (χ1n) is 11.0. The van der Waals surface area contributed by atoms with Gasteiger partial charge in [0.05, 0.1) is 6.61 Å². The van der Waals surface area contributed by atoms with E-state index in [1.165, 1.54) is 0 Å². The van der Waals surface area contributed by atoms with Crippen LogP contribution in [0.1, 0.15) is 50.7 Å². The molecule has 1 aliphatic heterocycles. The first kappa shape index (κ1) is 23.9. The second kappa shape index (κ2) is 10.2. The summed E-state index contributed by atoms with van der Waals surface area (Å²) in [6.07, 6.45) is 1.89. The molecule has 31 heavy (non-hydrogen) atoms. The lowest BCUT2D eigenvalue weighted by molar-refractivity contribution is 0.299. The lowest BCUT2D eigenvalue weighted by Crippen LogP contribution is -2.49. The highest BCUT2D eigenvalue weighted by Gasteiger charge is 2.32. The fourth-order valence-corrected chi connectivity index (χ4v) is 5.54. The van der Waals surface area contributed by atoms with Gasteiger partial charge in [0, 0.05) is 36.9 Å². The van der Waals surface area contributed by atoms with Gasteiger partial charge in [0.15, 0.2) is 0 Å². The van der Waals surface area contributed by atoms with Crippen molar-refractivity contribution >= 4 is 27.3 Å². The summed E-state index contributed by atoms with van der Waals surface area (Å²) in [5, 5.41) is 0.729. The van der Waals surface area contributed by atoms with Crippen LogP contribution < -0.4 is 9.64 Å². The molecule has 0 unspecified atom stereocenters. The molecule has 0 amide bonds. The van der Waals surface area contributed by atoms with E-state index in [2.05, 4.69) is 25.7 Å². The standard InChI is InChI=1S/C24H33ClN2O3S/c1-5-6-16-30-23-11-10-20(18(2)3)17-24(23)31(28,29)27-14-12-26(13-15-27)22-9-7-8-21(25)19(22)4/h7-11,17-18H,5-6,12-16H2,1-4H3. The van der Waals surface area contributed by atoms with Gasteiger partial charge in [0.2, 0.25) is 10.0 Å². The summed E-state index contributed by atoms with van der Waals surface area (Å²) in [5.74, 6) is 0.687. The van der Waals surface area contributed by atoms with Gasteiger partial charge in [-0.1, -0.05) is 50.9 Å². The summed E-state index contributed by atoms with van der Waals surface area (Å²) in [5.41, 5.74) is 3.08. The molecule has 5 nitrogen and oxygen atoms in total. The molecule has 0 bridgehead atoms. The van der Waals surface area contributed by atoms with Gasteiger partial charge in [-0.25, -0.2) is 8.42 Å². The highest BCUT2D eigenvalue weighted by molar-refractivity contribution is 7.89. The van der Waals surface area contributed by atoms with E-state index in [4.69, 9.17) is 16.3 Å². The summed E-state index contributed by atoms with van der Waals surface area (Å²) >= 11 is 6.28. The van der Waals surface area contributed by atoms with E-state index in [9.17, 15) is 8.42 Å². The number of hydrogen-bond donors (Lipinski definition) is 0. The molecule has 1 fully saturated rings. The molecule has 3 rings (SSSR count). The molecule has 170 valence electrons. The largest absolute Gasteiger partial charge is 0.492 e. The zero-order valence-electron chi connectivity index (χ0n) is 18.9. The van der Waals surface area contributed by atoms with Crippen LogP contribution in [0.2, 0.25) is 5.02 Å². The molecule has 1 heterocycles. The second-order valence-corrected chi connectivity index (χ2v) is 10.7. The van der Waals surface area contributed by atoms with E-state index in [-0.39, 0.29) is 10.8 Å². The third-order valence-electron chi connectivity index (χ3n) is 5.83. The fraction of sp³-hybridized carbons (Fsp3) is 0.500. The minimum absolute atomic E-state index is 0.237. The van der Waals surface area contributed by atoms with Gasteiger partial charge in [-0.3, -0.25) is 0 Å². The third kappa shape index (κ3) is 5.36. The van der Waals surface area contributed by atoms with Gasteiger partial charge in [0.1, 0.15) is 10.6 Å². The fourth-order valence-electron chi connectivity index (χ4n) is 3.78. The molecular weight excluding hydrogens is 432 g/mol. The van der Waals surface area contributed by atoms with Crippen molar-refractivity contribution in [2.75, 3.05) is 37.7 Å². The number of ether oxygens (including phenoxy) is 1. The average Bonchev–Trinajstić information content (AvgIpc) is 2.76. The molecule has 0 aromatic heterocycles. The Morgan fingerprint density at radius 1 is 1.10 bits per heavy atom. The number of halogens is 1. The number of sulfonamides is 1. The number of piperazine rings is 1. The predicted octanol–water partition coefficient (Wildman–Crippen LogP) is 5.46. The minimum atomic E-state index is -3.65. The van der Waals surface area contributed by atoms with E-state index < -0.39 is 10.0 Å². The molecule has 0 atom stereocenters. The Hall–Kier alpha value is -1.76. The summed E-state index contributed by atoms with van der Waals surface area (Å²) in [6.45, 7) is 10.8. The Balaban J connectivity index is 1.83. The second-order valence-electron chi connectivity index (χ2n) is 8.34. The molecule has 0 saturated carbocycles. The van der Waals surface area contributed by atoms with E-state index in [0.29, 0.717) is 38.5 Å². The molecular formula is C24H33ClN2O3S. The molecule has 1 saturated heterocycles. The van der Waals surface area contributed by atoms with Crippen LogP contribution in [0, 0.1) is 6.92 Å². The van der Waals surface area contributed by atoms with Crippen molar-refractivity contribution in [3.63, 3.8) is 0 Å². The molecule has 7 heteroatoms. The SMILES string of the molecule is CCCCOc1ccc(C(C)C)cc1S(=O)(=O)N1CCN(c2cccc(Cl)c2C)CC1. The zero-order chi connectivity index (χ0) is 22.6. The van der Waals surface area contributed by atoms with Crippen LogP contribution in [0.4, 0.5) is 5.69 Å². The van der Waals surface area contributed by atoms with Crippen molar-refractivity contribution in [1.29, 1.82) is 0 Å². The number of anilines is 1. The summed E-state index contributed by atoms with van der Waals surface area (Å²) in [7, 11) is -3.65. The molecule has 2 aromatic rings. The lowest BCUT2D eigenvalue weighted by atomic mass is 10.0. The van der Waals surface area contributed by atoms with E-state index in [0.717, 1.165) is 34.7 Å². The van der Waals surface area contributed by atoms with Crippen molar-refractivity contribution in [3.05, 3.63) is 52.5 Å². The van der Waals surface area contributed by atoms with E-state index in [1.54, 1.807) is 10.4 Å². The Morgan fingerprint density at radius 3 is 2.45 bits per heavy atom. The lowest BCUT2D eigenvalue weighted by Gasteiger charge is -2.36. The molecule has 1 aliphatic rings. The number of hydrogen-bond acceptors (Lipinski definition) is 4. The summed E-state index contributed by atoms with van der Waals surface area (Å²) in [6, 6.07) is 11.4. The minimum Gasteiger partial charge on any atom is -0.492 e. The van der Waals surface area contributed by atoms with Gasteiger partial charge in [-0.15, -0.1) is 0 Å². The van der Waals surface area contributed by atoms with Crippen LogP contribution in [0.5, 0.6) is 5.75 Å². The van der Waals surface area contributed by atoms with Crippen molar-refractivity contribution in [3.8, 4) is 5.75 Å². The third-order valence-corrected chi connectivity index (χ3v) is 8.16. The smallest absolute Gasteiger partial charge is 0.246 e. The first-order valence-corrected chi connectivity index (χ1v) is 12.8. The maximum absolute atomic E-state index is 13.6. The summed E-state index contributed by atoms with van der Waals surface area (Å²) in [4.78, 5) is 2.48. The normalized spacial score (nSPS) is 15.5. The summed E-state index contributed by atoms with van der Waals surface area (Å²) < 4.78 is 34.6. The monoisotopic (exact) mass is 464 g/mol. The van der Waals surface area contributed by atoms with Crippen molar-refractivity contribution in [2.45, 2.75) is 51.3 Å². The van der Waals surface area contributed by atoms with Crippen LogP contribution in [0.3, 0.4) is 0 Å². The maximum Gasteiger partial charge on any atom is 0.246 e. The molecule has 0 spiro atoms. The molecule has 0 radical (unpaired) electrons. The van der Waals surface area contributed by atoms with Gasteiger partial charge >= 0.3 is 0 Å². The number of benzene rings is 2. The van der Waals surface area contributed by atoms with Gasteiger partial charge < -0.3 is 9.64 Å². The average molecular weight is 465 g/mol. The van der Waals surface area contributed by atoms with Crippen molar-refractivity contribution in [2.24, 2.45) is 0 Å². The van der Waals surface area contributed by atoms with Crippen molar-refractivity contribution < 1.29 is 13.2 Å². The first-order chi connectivity index (χ1) is 14.8. The van der Waals surface area contributed by atoms with Gasteiger partial charge in [-0.05, 0) is 54.7 Å². The van der Waals surface area contributed by atoms with Gasteiger partial charge in [-0.2, -0.15) is 4.31 Å². The van der Waals surface area contributed by atoms with Crippen LogP contribution >= 0.6 is 11.6 Å². The Bertz CT molecular complexity index is 1000.